The summed E-state index contributed by atoms with van der Waals surface area (Å²) in [5.41, 5.74) is 1.09. The first-order valence-electron chi connectivity index (χ1n) is 5.75. The molecule has 0 spiro atoms. The Bertz CT molecular complexity index is 602. The third-order valence-electron chi connectivity index (χ3n) is 2.74. The van der Waals surface area contributed by atoms with Crippen molar-refractivity contribution in [1.29, 1.82) is 0 Å². The van der Waals surface area contributed by atoms with E-state index >= 15 is 0 Å². The van der Waals surface area contributed by atoms with Crippen LogP contribution >= 0.6 is 38.9 Å². The number of rotatable bonds is 4. The van der Waals surface area contributed by atoms with Crippen molar-refractivity contribution in [1.82, 2.24) is 5.32 Å². The second-order valence-electron chi connectivity index (χ2n) is 4.12. The predicted molar refractivity (Wildman–Crippen MR) is 80.1 cm³/mol. The number of hydrogen-bond acceptors (Lipinski definition) is 4. The number of thiophene rings is 1. The van der Waals surface area contributed by atoms with Gasteiger partial charge in [-0.25, -0.2) is 0 Å². The standard InChI is InChI=1S/C13H11BrClNO2S/c14-12-2-1-9(19-12)6-16-5-8-3-10(15)13-11(4-8)17-7-18-13/h1-4,16H,5-7H2. The summed E-state index contributed by atoms with van der Waals surface area (Å²) in [4.78, 5) is 1.29. The van der Waals surface area contributed by atoms with Gasteiger partial charge in [0.05, 0.1) is 8.81 Å². The molecule has 1 aliphatic heterocycles. The summed E-state index contributed by atoms with van der Waals surface area (Å²) in [6.07, 6.45) is 0. The third-order valence-corrected chi connectivity index (χ3v) is 4.65. The highest BCUT2D eigenvalue weighted by atomic mass is 79.9. The summed E-state index contributed by atoms with van der Waals surface area (Å²) in [6.45, 7) is 1.82. The van der Waals surface area contributed by atoms with E-state index in [1.165, 1.54) is 4.88 Å². The topological polar surface area (TPSA) is 30.5 Å². The summed E-state index contributed by atoms with van der Waals surface area (Å²) in [7, 11) is 0. The normalized spacial score (nSPS) is 12.9. The third kappa shape index (κ3) is 3.05. The maximum absolute atomic E-state index is 6.14. The molecule has 0 bridgehead atoms. The quantitative estimate of drug-likeness (QED) is 0.887. The van der Waals surface area contributed by atoms with Crippen molar-refractivity contribution in [3.8, 4) is 11.5 Å². The van der Waals surface area contributed by atoms with Crippen molar-refractivity contribution in [2.24, 2.45) is 0 Å². The molecule has 100 valence electrons. The molecule has 6 heteroatoms. The second-order valence-corrected chi connectivity index (χ2v) is 7.08. The molecule has 0 saturated carbocycles. The molecule has 1 aliphatic rings. The lowest BCUT2D eigenvalue weighted by Crippen LogP contribution is -2.11. The van der Waals surface area contributed by atoms with Crippen LogP contribution in [0.4, 0.5) is 0 Å². The number of fused-ring (bicyclic) bond motifs is 1. The van der Waals surface area contributed by atoms with E-state index in [-0.39, 0.29) is 6.79 Å². The number of nitrogens with one attached hydrogen (secondary N) is 1. The zero-order chi connectivity index (χ0) is 13.2. The predicted octanol–water partition coefficient (Wildman–Crippen LogP) is 4.18. The minimum absolute atomic E-state index is 0.245. The minimum Gasteiger partial charge on any atom is -0.454 e. The fraction of sp³-hybridized carbons (Fsp3) is 0.231. The van der Waals surface area contributed by atoms with E-state index in [1.54, 1.807) is 11.3 Å². The van der Waals surface area contributed by atoms with Crippen molar-refractivity contribution in [2.75, 3.05) is 6.79 Å². The van der Waals surface area contributed by atoms with E-state index < -0.39 is 0 Å². The fourth-order valence-corrected chi connectivity index (χ4v) is 3.64. The molecule has 3 nitrogen and oxygen atoms in total. The Morgan fingerprint density at radius 2 is 2.16 bits per heavy atom. The largest absolute Gasteiger partial charge is 0.454 e. The number of benzene rings is 1. The zero-order valence-electron chi connectivity index (χ0n) is 9.91. The van der Waals surface area contributed by atoms with Crippen molar-refractivity contribution >= 4 is 38.9 Å². The fourth-order valence-electron chi connectivity index (χ4n) is 1.90. The first kappa shape index (κ1) is 13.2. The van der Waals surface area contributed by atoms with Crippen molar-refractivity contribution in [3.05, 3.63) is 43.5 Å². The van der Waals surface area contributed by atoms with Crippen molar-refractivity contribution in [2.45, 2.75) is 13.1 Å². The Hall–Kier alpha value is -0.750. The van der Waals surface area contributed by atoms with Crippen LogP contribution in [-0.2, 0) is 13.1 Å². The van der Waals surface area contributed by atoms with Crippen LogP contribution in [0.1, 0.15) is 10.4 Å². The summed E-state index contributed by atoms with van der Waals surface area (Å²) < 4.78 is 11.8. The summed E-state index contributed by atoms with van der Waals surface area (Å²) >= 11 is 11.3. The average Bonchev–Trinajstić information content (AvgIpc) is 2.98. The summed E-state index contributed by atoms with van der Waals surface area (Å²) in [5, 5.41) is 3.99. The van der Waals surface area contributed by atoms with Crippen LogP contribution < -0.4 is 14.8 Å². The van der Waals surface area contributed by atoms with E-state index in [0.29, 0.717) is 10.8 Å². The molecule has 19 heavy (non-hydrogen) atoms. The van der Waals surface area contributed by atoms with Gasteiger partial charge in [0.25, 0.3) is 0 Å². The lowest BCUT2D eigenvalue weighted by molar-refractivity contribution is 0.174. The van der Waals surface area contributed by atoms with Crippen LogP contribution in [0.15, 0.2) is 28.1 Å². The molecule has 2 aromatic rings. The molecule has 3 rings (SSSR count). The van der Waals surface area contributed by atoms with Crippen LogP contribution in [0.5, 0.6) is 11.5 Å². The molecular weight excluding hydrogens is 350 g/mol. The molecule has 0 radical (unpaired) electrons. The van der Waals surface area contributed by atoms with E-state index in [2.05, 4.69) is 33.4 Å². The highest BCUT2D eigenvalue weighted by molar-refractivity contribution is 9.11. The molecule has 0 atom stereocenters. The Balaban J connectivity index is 1.63. The SMILES string of the molecule is Clc1cc(CNCc2ccc(Br)s2)cc2c1OCO2. The van der Waals surface area contributed by atoms with Gasteiger partial charge in [0.15, 0.2) is 11.5 Å². The van der Waals surface area contributed by atoms with Gasteiger partial charge < -0.3 is 14.8 Å². The van der Waals surface area contributed by atoms with E-state index in [9.17, 15) is 0 Å². The Labute approximate surface area is 128 Å². The average molecular weight is 361 g/mol. The molecule has 1 aromatic heterocycles. The minimum atomic E-state index is 0.245. The van der Waals surface area contributed by atoms with Gasteiger partial charge in [-0.2, -0.15) is 0 Å². The monoisotopic (exact) mass is 359 g/mol. The lowest BCUT2D eigenvalue weighted by Gasteiger charge is -2.06. The molecule has 2 heterocycles. The van der Waals surface area contributed by atoms with Gasteiger partial charge in [0.2, 0.25) is 6.79 Å². The van der Waals surface area contributed by atoms with Gasteiger partial charge in [-0.3, -0.25) is 0 Å². The highest BCUT2D eigenvalue weighted by Crippen LogP contribution is 2.39. The molecule has 0 aliphatic carbocycles. The van der Waals surface area contributed by atoms with Gasteiger partial charge in [0.1, 0.15) is 0 Å². The number of halogens is 2. The lowest BCUT2D eigenvalue weighted by atomic mass is 10.2. The molecule has 0 saturated heterocycles. The number of hydrogen-bond donors (Lipinski definition) is 1. The van der Waals surface area contributed by atoms with Gasteiger partial charge in [-0.05, 0) is 45.8 Å². The van der Waals surface area contributed by atoms with E-state index in [4.69, 9.17) is 21.1 Å². The van der Waals surface area contributed by atoms with Gasteiger partial charge in [-0.1, -0.05) is 11.6 Å². The molecule has 0 amide bonds. The first-order valence-corrected chi connectivity index (χ1v) is 7.74. The Kier molecular flexibility index (Phi) is 3.98. The molecule has 0 fully saturated rings. The van der Waals surface area contributed by atoms with Crippen molar-refractivity contribution in [3.63, 3.8) is 0 Å². The Morgan fingerprint density at radius 3 is 2.95 bits per heavy atom. The molecule has 1 aromatic carbocycles. The smallest absolute Gasteiger partial charge is 0.231 e. The van der Waals surface area contributed by atoms with Crippen LogP contribution in [0.2, 0.25) is 5.02 Å². The maximum Gasteiger partial charge on any atom is 0.231 e. The zero-order valence-corrected chi connectivity index (χ0v) is 13.1. The highest BCUT2D eigenvalue weighted by Gasteiger charge is 2.17. The van der Waals surface area contributed by atoms with Gasteiger partial charge in [0, 0.05) is 18.0 Å². The van der Waals surface area contributed by atoms with Gasteiger partial charge in [-0.15, -0.1) is 11.3 Å². The van der Waals surface area contributed by atoms with Crippen LogP contribution in [0.25, 0.3) is 0 Å². The summed E-state index contributed by atoms with van der Waals surface area (Å²) in [6, 6.07) is 8.03. The van der Waals surface area contributed by atoms with Crippen LogP contribution in [0.3, 0.4) is 0 Å². The van der Waals surface area contributed by atoms with Crippen LogP contribution in [0, 0.1) is 0 Å². The van der Waals surface area contributed by atoms with Crippen LogP contribution in [-0.4, -0.2) is 6.79 Å². The molecular formula is C13H11BrClNO2S. The second kappa shape index (κ2) is 5.71. The number of ether oxygens (including phenoxy) is 2. The van der Waals surface area contributed by atoms with E-state index in [0.717, 1.165) is 28.2 Å². The van der Waals surface area contributed by atoms with Crippen molar-refractivity contribution < 1.29 is 9.47 Å². The molecule has 1 N–H and O–H groups in total. The summed E-state index contributed by atoms with van der Waals surface area (Å²) in [5.74, 6) is 1.37. The maximum atomic E-state index is 6.14. The molecule has 0 unspecified atom stereocenters. The van der Waals surface area contributed by atoms with Gasteiger partial charge >= 0.3 is 0 Å². The van der Waals surface area contributed by atoms with E-state index in [1.807, 2.05) is 12.1 Å². The Morgan fingerprint density at radius 1 is 1.26 bits per heavy atom. The first-order chi connectivity index (χ1) is 9.22.